The zero-order valence-electron chi connectivity index (χ0n) is 11.2. The van der Waals surface area contributed by atoms with Crippen molar-refractivity contribution in [1.82, 2.24) is 5.32 Å². The normalized spacial score (nSPS) is 13.0. The molecule has 0 aliphatic rings. The van der Waals surface area contributed by atoms with E-state index in [1.165, 1.54) is 18.4 Å². The monoisotopic (exact) mass is 235 g/mol. The van der Waals surface area contributed by atoms with Crippen molar-refractivity contribution in [3.05, 3.63) is 35.4 Å². The first-order valence-corrected chi connectivity index (χ1v) is 6.63. The van der Waals surface area contributed by atoms with Gasteiger partial charge in [-0.05, 0) is 30.0 Å². The first kappa shape index (κ1) is 14.2. The quantitative estimate of drug-likeness (QED) is 0.711. The fourth-order valence-electron chi connectivity index (χ4n) is 1.76. The Bertz CT molecular complexity index is 305. The standard InChI is InChI=1S/C15H25NO/c1-4-5-10-16-11-15(17)14-8-6-13(7-9-14)12(2)3/h6-9,12,15-17H,4-5,10-11H2,1-3H3. The Morgan fingerprint density at radius 1 is 1.12 bits per heavy atom. The van der Waals surface area contributed by atoms with Gasteiger partial charge in [-0.3, -0.25) is 0 Å². The lowest BCUT2D eigenvalue weighted by molar-refractivity contribution is 0.175. The third kappa shape index (κ3) is 4.88. The maximum atomic E-state index is 9.99. The third-order valence-electron chi connectivity index (χ3n) is 3.03. The van der Waals surface area contributed by atoms with Crippen LogP contribution in [0.5, 0.6) is 0 Å². The van der Waals surface area contributed by atoms with E-state index in [0.29, 0.717) is 12.5 Å². The summed E-state index contributed by atoms with van der Waals surface area (Å²) in [7, 11) is 0. The molecule has 0 saturated heterocycles. The summed E-state index contributed by atoms with van der Waals surface area (Å²) in [5.41, 5.74) is 2.32. The number of aliphatic hydroxyl groups is 1. The van der Waals surface area contributed by atoms with Gasteiger partial charge in [0.2, 0.25) is 0 Å². The molecule has 1 atom stereocenters. The molecule has 2 N–H and O–H groups in total. The second-order valence-corrected chi connectivity index (χ2v) is 4.89. The molecule has 0 radical (unpaired) electrons. The van der Waals surface area contributed by atoms with Gasteiger partial charge in [-0.1, -0.05) is 51.5 Å². The molecule has 1 aromatic rings. The molecule has 0 saturated carbocycles. The zero-order chi connectivity index (χ0) is 12.7. The summed E-state index contributed by atoms with van der Waals surface area (Å²) in [6, 6.07) is 8.27. The topological polar surface area (TPSA) is 32.3 Å². The van der Waals surface area contributed by atoms with Crippen LogP contribution in [-0.2, 0) is 0 Å². The highest BCUT2D eigenvalue weighted by atomic mass is 16.3. The predicted molar refractivity (Wildman–Crippen MR) is 73.3 cm³/mol. The largest absolute Gasteiger partial charge is 0.387 e. The lowest BCUT2D eigenvalue weighted by atomic mass is 10.00. The SMILES string of the molecule is CCCCNCC(O)c1ccc(C(C)C)cc1. The highest BCUT2D eigenvalue weighted by Gasteiger charge is 2.07. The van der Waals surface area contributed by atoms with Crippen molar-refractivity contribution in [2.45, 2.75) is 45.6 Å². The van der Waals surface area contributed by atoms with Crippen LogP contribution < -0.4 is 5.32 Å². The Morgan fingerprint density at radius 2 is 1.71 bits per heavy atom. The van der Waals surface area contributed by atoms with Gasteiger partial charge in [0.1, 0.15) is 0 Å². The first-order valence-electron chi connectivity index (χ1n) is 6.63. The number of hydrogen-bond donors (Lipinski definition) is 2. The van der Waals surface area contributed by atoms with Crippen molar-refractivity contribution in [2.24, 2.45) is 0 Å². The Labute approximate surface area is 105 Å². The van der Waals surface area contributed by atoms with Gasteiger partial charge in [0.05, 0.1) is 6.10 Å². The van der Waals surface area contributed by atoms with Crippen molar-refractivity contribution in [1.29, 1.82) is 0 Å². The molecule has 0 amide bonds. The van der Waals surface area contributed by atoms with Gasteiger partial charge >= 0.3 is 0 Å². The Hall–Kier alpha value is -0.860. The Kier molecular flexibility index (Phi) is 6.23. The third-order valence-corrected chi connectivity index (χ3v) is 3.03. The average molecular weight is 235 g/mol. The number of benzene rings is 1. The minimum absolute atomic E-state index is 0.395. The minimum atomic E-state index is -0.395. The van der Waals surface area contributed by atoms with E-state index in [4.69, 9.17) is 0 Å². The first-order chi connectivity index (χ1) is 8.15. The number of nitrogens with one attached hydrogen (secondary N) is 1. The van der Waals surface area contributed by atoms with Crippen LogP contribution in [0.3, 0.4) is 0 Å². The van der Waals surface area contributed by atoms with Crippen molar-refractivity contribution >= 4 is 0 Å². The van der Waals surface area contributed by atoms with E-state index in [1.807, 2.05) is 12.1 Å². The maximum Gasteiger partial charge on any atom is 0.0914 e. The highest BCUT2D eigenvalue weighted by molar-refractivity contribution is 5.26. The van der Waals surface area contributed by atoms with Gasteiger partial charge in [-0.25, -0.2) is 0 Å². The summed E-state index contributed by atoms with van der Waals surface area (Å²) < 4.78 is 0. The summed E-state index contributed by atoms with van der Waals surface area (Å²) in [6.07, 6.45) is 1.96. The minimum Gasteiger partial charge on any atom is -0.387 e. The van der Waals surface area contributed by atoms with E-state index < -0.39 is 6.10 Å². The Balaban J connectivity index is 2.43. The van der Waals surface area contributed by atoms with Gasteiger partial charge in [0, 0.05) is 6.54 Å². The van der Waals surface area contributed by atoms with Crippen molar-refractivity contribution in [2.75, 3.05) is 13.1 Å². The summed E-state index contributed by atoms with van der Waals surface area (Å²) in [5.74, 6) is 0.545. The van der Waals surface area contributed by atoms with Crippen LogP contribution in [0.2, 0.25) is 0 Å². The molecule has 1 unspecified atom stereocenters. The summed E-state index contributed by atoms with van der Waals surface area (Å²) >= 11 is 0. The van der Waals surface area contributed by atoms with E-state index in [9.17, 15) is 5.11 Å². The van der Waals surface area contributed by atoms with Crippen LogP contribution >= 0.6 is 0 Å². The van der Waals surface area contributed by atoms with Gasteiger partial charge in [-0.2, -0.15) is 0 Å². The van der Waals surface area contributed by atoms with Crippen LogP contribution in [0.4, 0.5) is 0 Å². The van der Waals surface area contributed by atoms with E-state index >= 15 is 0 Å². The van der Waals surface area contributed by atoms with Crippen molar-refractivity contribution in [3.8, 4) is 0 Å². The summed E-state index contributed by atoms with van der Waals surface area (Å²) in [5, 5.41) is 13.3. The van der Waals surface area contributed by atoms with Crippen LogP contribution in [0.15, 0.2) is 24.3 Å². The molecule has 96 valence electrons. The predicted octanol–water partition coefficient (Wildman–Crippen LogP) is 3.23. The van der Waals surface area contributed by atoms with Crippen LogP contribution in [-0.4, -0.2) is 18.2 Å². The smallest absolute Gasteiger partial charge is 0.0914 e. The molecule has 1 rings (SSSR count). The van der Waals surface area contributed by atoms with Crippen molar-refractivity contribution < 1.29 is 5.11 Å². The van der Waals surface area contributed by atoms with E-state index in [0.717, 1.165) is 12.1 Å². The molecule has 0 heterocycles. The molecular formula is C15H25NO. The number of aliphatic hydroxyl groups excluding tert-OH is 1. The number of hydrogen-bond acceptors (Lipinski definition) is 2. The second-order valence-electron chi connectivity index (χ2n) is 4.89. The van der Waals surface area contributed by atoms with Gasteiger partial charge < -0.3 is 10.4 Å². The van der Waals surface area contributed by atoms with Gasteiger partial charge in [-0.15, -0.1) is 0 Å². The van der Waals surface area contributed by atoms with Crippen LogP contribution in [0, 0.1) is 0 Å². The summed E-state index contributed by atoms with van der Waals surface area (Å²) in [4.78, 5) is 0. The van der Waals surface area contributed by atoms with Gasteiger partial charge in [0.15, 0.2) is 0 Å². The van der Waals surface area contributed by atoms with Gasteiger partial charge in [0.25, 0.3) is 0 Å². The molecular weight excluding hydrogens is 210 g/mol. The number of rotatable bonds is 7. The van der Waals surface area contributed by atoms with E-state index in [-0.39, 0.29) is 0 Å². The molecule has 0 aliphatic heterocycles. The molecule has 0 aliphatic carbocycles. The van der Waals surface area contributed by atoms with E-state index in [1.54, 1.807) is 0 Å². The molecule has 0 aromatic heterocycles. The average Bonchev–Trinajstić information content (AvgIpc) is 2.34. The summed E-state index contributed by atoms with van der Waals surface area (Å²) in [6.45, 7) is 8.15. The lowest BCUT2D eigenvalue weighted by Crippen LogP contribution is -2.22. The lowest BCUT2D eigenvalue weighted by Gasteiger charge is -2.13. The van der Waals surface area contributed by atoms with E-state index in [2.05, 4.69) is 38.2 Å². The molecule has 2 nitrogen and oxygen atoms in total. The maximum absolute atomic E-state index is 9.99. The molecule has 0 spiro atoms. The zero-order valence-corrected chi connectivity index (χ0v) is 11.2. The Morgan fingerprint density at radius 3 is 2.24 bits per heavy atom. The second kappa shape index (κ2) is 7.46. The molecule has 0 bridgehead atoms. The molecule has 1 aromatic carbocycles. The van der Waals surface area contributed by atoms with Crippen molar-refractivity contribution in [3.63, 3.8) is 0 Å². The van der Waals surface area contributed by atoms with Crippen LogP contribution in [0.1, 0.15) is 56.8 Å². The molecule has 17 heavy (non-hydrogen) atoms. The fourth-order valence-corrected chi connectivity index (χ4v) is 1.76. The molecule has 2 heteroatoms. The molecule has 0 fully saturated rings. The van der Waals surface area contributed by atoms with Crippen LogP contribution in [0.25, 0.3) is 0 Å². The fraction of sp³-hybridized carbons (Fsp3) is 0.600. The highest BCUT2D eigenvalue weighted by Crippen LogP contribution is 2.18. The number of unbranched alkanes of at least 4 members (excludes halogenated alkanes) is 1.